The van der Waals surface area contributed by atoms with Crippen molar-refractivity contribution in [2.75, 3.05) is 6.61 Å². The van der Waals surface area contributed by atoms with E-state index in [1.54, 1.807) is 25.1 Å². The number of benzene rings is 2. The topological polar surface area (TPSA) is 91.8 Å². The van der Waals surface area contributed by atoms with Crippen LogP contribution >= 0.6 is 0 Å². The predicted molar refractivity (Wildman–Crippen MR) is 89.6 cm³/mol. The first-order chi connectivity index (χ1) is 12.1. The number of esters is 1. The maximum Gasteiger partial charge on any atom is 0.374 e. The Kier molecular flexibility index (Phi) is 4.65. The van der Waals surface area contributed by atoms with Crippen molar-refractivity contribution in [3.8, 4) is 5.75 Å². The number of nitro groups is 1. The molecule has 1 aromatic heterocycles. The fourth-order valence-corrected chi connectivity index (χ4v) is 2.45. The lowest BCUT2D eigenvalue weighted by molar-refractivity contribution is -0.384. The smallest absolute Gasteiger partial charge is 0.374 e. The SMILES string of the molecule is CCOC(=O)c1oc2ccccc2c1COc1cccc([N+](=O)[O-])c1. The van der Waals surface area contributed by atoms with Crippen LogP contribution in [0.4, 0.5) is 5.69 Å². The highest BCUT2D eigenvalue weighted by Gasteiger charge is 2.22. The monoisotopic (exact) mass is 341 g/mol. The number of para-hydroxylation sites is 1. The van der Waals surface area contributed by atoms with Gasteiger partial charge in [-0.15, -0.1) is 0 Å². The Labute approximate surface area is 142 Å². The zero-order chi connectivity index (χ0) is 17.8. The minimum Gasteiger partial charge on any atom is -0.488 e. The Bertz CT molecular complexity index is 930. The number of nitro benzene ring substituents is 1. The molecule has 2 aromatic carbocycles. The van der Waals surface area contributed by atoms with E-state index in [1.165, 1.54) is 18.2 Å². The summed E-state index contributed by atoms with van der Waals surface area (Å²) in [7, 11) is 0. The average Bonchev–Trinajstić information content (AvgIpc) is 2.99. The molecule has 0 N–H and O–H groups in total. The highest BCUT2D eigenvalue weighted by atomic mass is 16.6. The van der Waals surface area contributed by atoms with Gasteiger partial charge in [0.15, 0.2) is 0 Å². The lowest BCUT2D eigenvalue weighted by atomic mass is 10.1. The summed E-state index contributed by atoms with van der Waals surface area (Å²) >= 11 is 0. The maximum atomic E-state index is 12.1. The third-order valence-corrected chi connectivity index (χ3v) is 3.57. The van der Waals surface area contributed by atoms with E-state index in [0.29, 0.717) is 16.9 Å². The summed E-state index contributed by atoms with van der Waals surface area (Å²) in [6.45, 7) is 1.95. The molecule has 3 rings (SSSR count). The first kappa shape index (κ1) is 16.5. The number of ether oxygens (including phenoxy) is 2. The highest BCUT2D eigenvalue weighted by molar-refractivity contribution is 5.96. The van der Waals surface area contributed by atoms with Crippen LogP contribution in [0.5, 0.6) is 5.75 Å². The van der Waals surface area contributed by atoms with Crippen LogP contribution in [0.3, 0.4) is 0 Å². The van der Waals surface area contributed by atoms with Crippen molar-refractivity contribution in [3.63, 3.8) is 0 Å². The molecule has 0 amide bonds. The van der Waals surface area contributed by atoms with E-state index in [4.69, 9.17) is 13.9 Å². The standard InChI is InChI=1S/C18H15NO6/c1-2-23-18(20)17-15(14-8-3-4-9-16(14)25-17)11-24-13-7-5-6-12(10-13)19(21)22/h3-10H,2,11H2,1H3. The molecule has 0 saturated heterocycles. The molecule has 0 bridgehead atoms. The van der Waals surface area contributed by atoms with Crippen molar-refractivity contribution in [3.05, 3.63) is 70.0 Å². The summed E-state index contributed by atoms with van der Waals surface area (Å²) in [4.78, 5) is 22.5. The van der Waals surface area contributed by atoms with Crippen LogP contribution in [0, 0.1) is 10.1 Å². The number of furan rings is 1. The Morgan fingerprint density at radius 1 is 1.20 bits per heavy atom. The van der Waals surface area contributed by atoms with Gasteiger partial charge in [0.05, 0.1) is 23.2 Å². The molecule has 128 valence electrons. The molecule has 0 spiro atoms. The molecule has 3 aromatic rings. The second-order valence-corrected chi connectivity index (χ2v) is 5.17. The average molecular weight is 341 g/mol. The van der Waals surface area contributed by atoms with Gasteiger partial charge >= 0.3 is 5.97 Å². The lowest BCUT2D eigenvalue weighted by Gasteiger charge is -2.07. The van der Waals surface area contributed by atoms with Gasteiger partial charge in [-0.05, 0) is 19.1 Å². The van der Waals surface area contributed by atoms with Gasteiger partial charge in [0, 0.05) is 11.5 Å². The van der Waals surface area contributed by atoms with Crippen LogP contribution in [-0.4, -0.2) is 17.5 Å². The molecule has 7 nitrogen and oxygen atoms in total. The molecule has 0 aliphatic rings. The second kappa shape index (κ2) is 7.04. The van der Waals surface area contributed by atoms with Crippen LogP contribution in [-0.2, 0) is 11.3 Å². The first-order valence-electron chi connectivity index (χ1n) is 7.65. The van der Waals surface area contributed by atoms with Gasteiger partial charge in [0.25, 0.3) is 5.69 Å². The highest BCUT2D eigenvalue weighted by Crippen LogP contribution is 2.28. The first-order valence-corrected chi connectivity index (χ1v) is 7.65. The third-order valence-electron chi connectivity index (χ3n) is 3.57. The Morgan fingerprint density at radius 3 is 2.76 bits per heavy atom. The van der Waals surface area contributed by atoms with E-state index >= 15 is 0 Å². The van der Waals surface area contributed by atoms with Crippen LogP contribution in [0.2, 0.25) is 0 Å². The summed E-state index contributed by atoms with van der Waals surface area (Å²) in [6, 6.07) is 13.0. The molecule has 0 unspecified atom stereocenters. The fraction of sp³-hybridized carbons (Fsp3) is 0.167. The van der Waals surface area contributed by atoms with Crippen LogP contribution in [0.25, 0.3) is 11.0 Å². The summed E-state index contributed by atoms with van der Waals surface area (Å²) in [5.41, 5.74) is 1.02. The number of carbonyl (C=O) groups excluding carboxylic acids is 1. The lowest BCUT2D eigenvalue weighted by Crippen LogP contribution is -2.08. The van der Waals surface area contributed by atoms with Gasteiger partial charge in [0.2, 0.25) is 5.76 Å². The van der Waals surface area contributed by atoms with Crippen molar-refractivity contribution < 1.29 is 23.6 Å². The normalized spacial score (nSPS) is 10.6. The van der Waals surface area contributed by atoms with Crippen molar-refractivity contribution in [2.24, 2.45) is 0 Å². The summed E-state index contributed by atoms with van der Waals surface area (Å²) in [5.74, 6) is -0.167. The molecule has 0 radical (unpaired) electrons. The number of rotatable bonds is 6. The van der Waals surface area contributed by atoms with E-state index in [-0.39, 0.29) is 24.7 Å². The summed E-state index contributed by atoms with van der Waals surface area (Å²) in [5, 5.41) is 11.6. The fourth-order valence-electron chi connectivity index (χ4n) is 2.45. The quantitative estimate of drug-likeness (QED) is 0.381. The van der Waals surface area contributed by atoms with Gasteiger partial charge in [-0.1, -0.05) is 24.3 Å². The predicted octanol–water partition coefficient (Wildman–Crippen LogP) is 4.10. The Balaban J connectivity index is 1.92. The van der Waals surface area contributed by atoms with Crippen molar-refractivity contribution in [1.29, 1.82) is 0 Å². The summed E-state index contributed by atoms with van der Waals surface area (Å²) in [6.07, 6.45) is 0. The zero-order valence-corrected chi connectivity index (χ0v) is 13.4. The van der Waals surface area contributed by atoms with Gasteiger partial charge in [-0.2, -0.15) is 0 Å². The minimum absolute atomic E-state index is 0.0202. The van der Waals surface area contributed by atoms with Gasteiger partial charge in [-0.25, -0.2) is 4.79 Å². The van der Waals surface area contributed by atoms with E-state index in [0.717, 1.165) is 5.39 Å². The van der Waals surface area contributed by atoms with Gasteiger partial charge in [-0.3, -0.25) is 10.1 Å². The number of hydrogen-bond acceptors (Lipinski definition) is 6. The molecule has 0 fully saturated rings. The van der Waals surface area contributed by atoms with Gasteiger partial charge in [0.1, 0.15) is 17.9 Å². The summed E-state index contributed by atoms with van der Waals surface area (Å²) < 4.78 is 16.3. The van der Waals surface area contributed by atoms with Crippen molar-refractivity contribution in [1.82, 2.24) is 0 Å². The van der Waals surface area contributed by atoms with Crippen molar-refractivity contribution in [2.45, 2.75) is 13.5 Å². The molecule has 25 heavy (non-hydrogen) atoms. The molecule has 7 heteroatoms. The van der Waals surface area contributed by atoms with Crippen LogP contribution in [0.1, 0.15) is 23.0 Å². The Hall–Kier alpha value is -3.35. The molecule has 0 atom stereocenters. The van der Waals surface area contributed by atoms with Crippen LogP contribution in [0.15, 0.2) is 52.9 Å². The molecular weight excluding hydrogens is 326 g/mol. The number of hydrogen-bond donors (Lipinski definition) is 0. The Morgan fingerprint density at radius 2 is 2.00 bits per heavy atom. The molecule has 0 saturated carbocycles. The molecule has 0 aliphatic heterocycles. The number of fused-ring (bicyclic) bond motifs is 1. The minimum atomic E-state index is -0.573. The second-order valence-electron chi connectivity index (χ2n) is 5.17. The number of non-ortho nitro benzene ring substituents is 1. The largest absolute Gasteiger partial charge is 0.488 e. The molecule has 0 aliphatic carbocycles. The van der Waals surface area contributed by atoms with E-state index < -0.39 is 10.9 Å². The third kappa shape index (κ3) is 3.45. The van der Waals surface area contributed by atoms with E-state index in [1.807, 2.05) is 12.1 Å². The molecular formula is C18H15NO6. The van der Waals surface area contributed by atoms with E-state index in [2.05, 4.69) is 0 Å². The zero-order valence-electron chi connectivity index (χ0n) is 13.4. The van der Waals surface area contributed by atoms with Crippen molar-refractivity contribution >= 4 is 22.6 Å². The van der Waals surface area contributed by atoms with Gasteiger partial charge < -0.3 is 13.9 Å². The maximum absolute atomic E-state index is 12.1. The molecule has 1 heterocycles. The number of carbonyl (C=O) groups is 1. The number of nitrogens with zero attached hydrogens (tertiary/aromatic N) is 1. The van der Waals surface area contributed by atoms with Crippen LogP contribution < -0.4 is 4.74 Å². The van der Waals surface area contributed by atoms with E-state index in [9.17, 15) is 14.9 Å².